The quantitative estimate of drug-likeness (QED) is 0.520. The Bertz CT molecular complexity index is 82.6. The minimum Gasteiger partial charge on any atom is -0.395 e. The number of aliphatic hydroxyl groups is 1. The molecule has 0 aliphatic rings. The van der Waals surface area contributed by atoms with Crippen LogP contribution in [0.25, 0.3) is 0 Å². The standard InChI is InChI=1S/C9H22N2O/c1-3-6-11(8-9-12)7-4-5-10-2/h10,12H,3-9H2,1-2H3. The Balaban J connectivity index is 3.34. The Labute approximate surface area is 75.8 Å². The molecule has 0 spiro atoms. The fraction of sp³-hybridized carbons (Fsp3) is 1.00. The summed E-state index contributed by atoms with van der Waals surface area (Å²) in [5, 5.41) is 11.9. The van der Waals surface area contributed by atoms with Crippen LogP contribution in [0, 0.1) is 0 Å². The lowest BCUT2D eigenvalue weighted by molar-refractivity contribution is 0.194. The summed E-state index contributed by atoms with van der Waals surface area (Å²) in [5.74, 6) is 0. The van der Waals surface area contributed by atoms with Crippen molar-refractivity contribution >= 4 is 0 Å². The van der Waals surface area contributed by atoms with Crippen LogP contribution < -0.4 is 5.32 Å². The summed E-state index contributed by atoms with van der Waals surface area (Å²) in [7, 11) is 1.97. The van der Waals surface area contributed by atoms with Crippen molar-refractivity contribution < 1.29 is 5.11 Å². The topological polar surface area (TPSA) is 35.5 Å². The van der Waals surface area contributed by atoms with Crippen molar-refractivity contribution in [3.8, 4) is 0 Å². The highest BCUT2D eigenvalue weighted by Gasteiger charge is 2.00. The van der Waals surface area contributed by atoms with Crippen molar-refractivity contribution in [2.75, 3.05) is 39.8 Å². The molecular formula is C9H22N2O. The largest absolute Gasteiger partial charge is 0.395 e. The molecule has 0 amide bonds. The number of nitrogens with one attached hydrogen (secondary N) is 1. The molecule has 3 heteroatoms. The van der Waals surface area contributed by atoms with Crippen LogP contribution in [0.3, 0.4) is 0 Å². The summed E-state index contributed by atoms with van der Waals surface area (Å²) in [6.07, 6.45) is 2.33. The molecule has 0 fully saturated rings. The molecule has 0 radical (unpaired) electrons. The van der Waals surface area contributed by atoms with Gasteiger partial charge in [-0.15, -0.1) is 0 Å². The third-order valence-corrected chi connectivity index (χ3v) is 1.86. The molecule has 0 aromatic carbocycles. The van der Waals surface area contributed by atoms with Crippen LogP contribution in [0.1, 0.15) is 19.8 Å². The zero-order valence-electron chi connectivity index (χ0n) is 8.34. The maximum Gasteiger partial charge on any atom is 0.0558 e. The fourth-order valence-electron chi connectivity index (χ4n) is 1.27. The van der Waals surface area contributed by atoms with Crippen LogP contribution in [0.15, 0.2) is 0 Å². The molecule has 0 aromatic rings. The van der Waals surface area contributed by atoms with Crippen molar-refractivity contribution in [3.63, 3.8) is 0 Å². The van der Waals surface area contributed by atoms with E-state index >= 15 is 0 Å². The van der Waals surface area contributed by atoms with Crippen molar-refractivity contribution in [3.05, 3.63) is 0 Å². The van der Waals surface area contributed by atoms with E-state index in [2.05, 4.69) is 17.1 Å². The second kappa shape index (κ2) is 8.97. The maximum atomic E-state index is 8.76. The molecule has 0 bridgehead atoms. The maximum absolute atomic E-state index is 8.76. The second-order valence-corrected chi connectivity index (χ2v) is 3.02. The first-order valence-electron chi connectivity index (χ1n) is 4.83. The van der Waals surface area contributed by atoms with Crippen LogP contribution in [-0.2, 0) is 0 Å². The SMILES string of the molecule is CCCN(CCO)CCCNC. The van der Waals surface area contributed by atoms with Gasteiger partial charge in [0, 0.05) is 6.54 Å². The lowest BCUT2D eigenvalue weighted by atomic mass is 10.3. The van der Waals surface area contributed by atoms with Crippen LogP contribution >= 0.6 is 0 Å². The summed E-state index contributed by atoms with van der Waals surface area (Å²) in [6.45, 7) is 6.52. The molecule has 0 aromatic heterocycles. The van der Waals surface area contributed by atoms with E-state index in [1.807, 2.05) is 7.05 Å². The van der Waals surface area contributed by atoms with E-state index < -0.39 is 0 Å². The lowest BCUT2D eigenvalue weighted by Gasteiger charge is -2.19. The summed E-state index contributed by atoms with van der Waals surface area (Å²) >= 11 is 0. The van der Waals surface area contributed by atoms with Crippen molar-refractivity contribution in [1.82, 2.24) is 10.2 Å². The van der Waals surface area contributed by atoms with Crippen molar-refractivity contribution in [2.45, 2.75) is 19.8 Å². The Morgan fingerprint density at radius 3 is 2.50 bits per heavy atom. The molecular weight excluding hydrogens is 152 g/mol. The molecule has 0 saturated heterocycles. The van der Waals surface area contributed by atoms with Crippen molar-refractivity contribution in [1.29, 1.82) is 0 Å². The second-order valence-electron chi connectivity index (χ2n) is 3.02. The van der Waals surface area contributed by atoms with E-state index in [0.717, 1.165) is 32.6 Å². The van der Waals surface area contributed by atoms with Crippen LogP contribution in [-0.4, -0.2) is 49.8 Å². The van der Waals surface area contributed by atoms with E-state index in [0.29, 0.717) is 0 Å². The zero-order valence-corrected chi connectivity index (χ0v) is 8.34. The van der Waals surface area contributed by atoms with Crippen LogP contribution in [0.4, 0.5) is 0 Å². The molecule has 0 atom stereocenters. The fourth-order valence-corrected chi connectivity index (χ4v) is 1.27. The molecule has 0 unspecified atom stereocenters. The third-order valence-electron chi connectivity index (χ3n) is 1.86. The van der Waals surface area contributed by atoms with Gasteiger partial charge in [-0.3, -0.25) is 0 Å². The van der Waals surface area contributed by atoms with E-state index in [1.165, 1.54) is 6.42 Å². The first-order valence-corrected chi connectivity index (χ1v) is 4.83. The van der Waals surface area contributed by atoms with Gasteiger partial charge in [-0.05, 0) is 39.5 Å². The summed E-state index contributed by atoms with van der Waals surface area (Å²) < 4.78 is 0. The highest BCUT2D eigenvalue weighted by molar-refractivity contribution is 4.56. The Morgan fingerprint density at radius 2 is 2.00 bits per heavy atom. The van der Waals surface area contributed by atoms with Crippen LogP contribution in [0.2, 0.25) is 0 Å². The van der Waals surface area contributed by atoms with E-state index in [4.69, 9.17) is 5.11 Å². The Kier molecular flexibility index (Phi) is 8.88. The summed E-state index contributed by atoms with van der Waals surface area (Å²) in [6, 6.07) is 0. The van der Waals surface area contributed by atoms with Gasteiger partial charge in [0.25, 0.3) is 0 Å². The Morgan fingerprint density at radius 1 is 1.25 bits per heavy atom. The van der Waals surface area contributed by atoms with Gasteiger partial charge in [0.2, 0.25) is 0 Å². The molecule has 0 heterocycles. The molecule has 12 heavy (non-hydrogen) atoms. The highest BCUT2D eigenvalue weighted by atomic mass is 16.3. The minimum absolute atomic E-state index is 0.277. The molecule has 0 saturated carbocycles. The summed E-state index contributed by atoms with van der Waals surface area (Å²) in [4.78, 5) is 2.30. The monoisotopic (exact) mass is 174 g/mol. The van der Waals surface area contributed by atoms with Gasteiger partial charge >= 0.3 is 0 Å². The predicted molar refractivity (Wildman–Crippen MR) is 52.4 cm³/mol. The number of nitrogens with zero attached hydrogens (tertiary/aromatic N) is 1. The van der Waals surface area contributed by atoms with Gasteiger partial charge < -0.3 is 15.3 Å². The molecule has 74 valence electrons. The van der Waals surface area contributed by atoms with Gasteiger partial charge in [-0.2, -0.15) is 0 Å². The average molecular weight is 174 g/mol. The first-order chi connectivity index (χ1) is 5.85. The number of rotatable bonds is 8. The van der Waals surface area contributed by atoms with Gasteiger partial charge in [0.15, 0.2) is 0 Å². The van der Waals surface area contributed by atoms with E-state index in [-0.39, 0.29) is 6.61 Å². The molecule has 2 N–H and O–H groups in total. The number of hydrogen-bond acceptors (Lipinski definition) is 3. The first kappa shape index (κ1) is 11.9. The Hall–Kier alpha value is -0.120. The van der Waals surface area contributed by atoms with Crippen LogP contribution in [0.5, 0.6) is 0 Å². The zero-order chi connectivity index (χ0) is 9.23. The molecule has 0 aliphatic carbocycles. The minimum atomic E-state index is 0.277. The third kappa shape index (κ3) is 6.58. The predicted octanol–water partition coefficient (Wildman–Crippen LogP) is 0.300. The highest BCUT2D eigenvalue weighted by Crippen LogP contribution is 1.92. The van der Waals surface area contributed by atoms with Gasteiger partial charge in [0.1, 0.15) is 0 Å². The summed E-state index contributed by atoms with van der Waals surface area (Å²) in [5.41, 5.74) is 0. The molecule has 3 nitrogen and oxygen atoms in total. The van der Waals surface area contributed by atoms with Crippen molar-refractivity contribution in [2.24, 2.45) is 0 Å². The van der Waals surface area contributed by atoms with Gasteiger partial charge in [-0.1, -0.05) is 6.92 Å². The van der Waals surface area contributed by atoms with E-state index in [9.17, 15) is 0 Å². The van der Waals surface area contributed by atoms with Gasteiger partial charge in [-0.25, -0.2) is 0 Å². The number of hydrogen-bond donors (Lipinski definition) is 2. The molecule has 0 rings (SSSR count). The molecule has 0 aliphatic heterocycles. The van der Waals surface area contributed by atoms with E-state index in [1.54, 1.807) is 0 Å². The smallest absolute Gasteiger partial charge is 0.0558 e. The van der Waals surface area contributed by atoms with Gasteiger partial charge in [0.05, 0.1) is 6.61 Å². The number of aliphatic hydroxyl groups excluding tert-OH is 1. The normalized spacial score (nSPS) is 11.0. The lowest BCUT2D eigenvalue weighted by Crippen LogP contribution is -2.30. The average Bonchev–Trinajstić information content (AvgIpc) is 2.06.